The van der Waals surface area contributed by atoms with Crippen LogP contribution in [0.2, 0.25) is 0 Å². The Bertz CT molecular complexity index is 2340. The van der Waals surface area contributed by atoms with Crippen molar-refractivity contribution in [1.82, 2.24) is 0 Å². The van der Waals surface area contributed by atoms with E-state index in [9.17, 15) is 25.5 Å². The summed E-state index contributed by atoms with van der Waals surface area (Å²) in [7, 11) is 0. The zero-order chi connectivity index (χ0) is 99.0. The Balaban J connectivity index is 1.59. The van der Waals surface area contributed by atoms with Crippen molar-refractivity contribution in [2.75, 3.05) is 117 Å². The number of aliphatic hydroxyl groups excluding tert-OH is 5. The van der Waals surface area contributed by atoms with Crippen LogP contribution in [0.5, 0.6) is 0 Å². The Kier molecular flexibility index (Phi) is 70.2. The fourth-order valence-electron chi connectivity index (χ4n) is 19.9. The van der Waals surface area contributed by atoms with Gasteiger partial charge in [0.2, 0.25) is 0 Å². The number of rotatable bonds is 78. The lowest BCUT2D eigenvalue weighted by molar-refractivity contribution is -0.413. The predicted octanol–water partition coefficient (Wildman–Crippen LogP) is 19.6. The van der Waals surface area contributed by atoms with Gasteiger partial charge in [0.25, 0.3) is 0 Å². The number of alkyl halides is 1. The van der Waals surface area contributed by atoms with Crippen molar-refractivity contribution < 1.29 is 139 Å². The summed E-state index contributed by atoms with van der Waals surface area (Å²) in [6.07, 6.45) is 8.60. The smallest absolute Gasteiger partial charge is 0.187 e. The Hall–Kier alpha value is -0.430. The standard InChI is InChI=1S/C108H203IO29/c1-13-25-37-49-61-115-91-85-79(73-109)127-103(97(91)121-67-55-43-31-19-7)134-86-80(74-110)129-105(99(123-69-57-45-33-21-9)92(86)116-62-50-38-26-14-2)136-88-82(76-112)131-107(101(125-71-59-47-35-23-11)94(88)118-64-52-40-28-16-4)138-90-84(78-114)132-108(102(126-72-60-48-36-24-12)96(90)120-66-54-42-30-18-6)137-89-83(77-113)130-106(100(124-70-58-46-34-22-10)95(89)119-65-53-41-29-17-5)135-87-81(75-111)128-104(133-85)98(122-68-56-44-32-20-8)93(87)117-63-51-39-27-15-3/h79-108,110-114H,13-78H2,1-12H3. The zero-order valence-electron chi connectivity index (χ0n) is 88.4. The van der Waals surface area contributed by atoms with Gasteiger partial charge in [-0.25, -0.2) is 0 Å². The van der Waals surface area contributed by atoms with Gasteiger partial charge >= 0.3 is 0 Å². The Morgan fingerprint density at radius 2 is 0.268 bits per heavy atom. The highest BCUT2D eigenvalue weighted by molar-refractivity contribution is 14.1. The molecule has 0 radical (unpaired) electrons. The summed E-state index contributed by atoms with van der Waals surface area (Å²) in [5.74, 6) is 0. The summed E-state index contributed by atoms with van der Waals surface area (Å²) in [5.41, 5.74) is 0. The maximum Gasteiger partial charge on any atom is 0.187 e. The minimum absolute atomic E-state index is 0.258. The van der Waals surface area contributed by atoms with Crippen molar-refractivity contribution in [2.45, 2.75) is 576 Å². The lowest BCUT2D eigenvalue weighted by Crippen LogP contribution is -2.70. The van der Waals surface area contributed by atoms with E-state index in [-0.39, 0.29) is 46.2 Å². The van der Waals surface area contributed by atoms with Crippen LogP contribution in [0.4, 0.5) is 0 Å². The molecule has 22 aliphatic heterocycles. The highest BCUT2D eigenvalue weighted by atomic mass is 127. The van der Waals surface area contributed by atoms with E-state index in [1.54, 1.807) is 0 Å². The van der Waals surface area contributed by atoms with Gasteiger partial charge < -0.3 is 139 Å². The summed E-state index contributed by atoms with van der Waals surface area (Å²) >= 11 is 2.36. The van der Waals surface area contributed by atoms with Crippen LogP contribution in [0, 0.1) is 0 Å². The maximum atomic E-state index is 12.4. The van der Waals surface area contributed by atoms with Gasteiger partial charge in [-0.1, -0.05) is 337 Å². The molecule has 30 heteroatoms. The number of hydrogen-bond acceptors (Lipinski definition) is 29. The Morgan fingerprint density at radius 3 is 0.384 bits per heavy atom. The lowest BCUT2D eigenvalue weighted by atomic mass is 9.94. The molecule has 5 N–H and O–H groups in total. The molecule has 816 valence electrons. The van der Waals surface area contributed by atoms with Gasteiger partial charge in [-0.2, -0.15) is 0 Å². The minimum atomic E-state index is -1.37. The van der Waals surface area contributed by atoms with E-state index < -0.39 is 217 Å². The minimum Gasteiger partial charge on any atom is -0.394 e. The molecule has 12 bridgehead atoms. The number of halogens is 1. The van der Waals surface area contributed by atoms with Gasteiger partial charge in [0.05, 0.1) is 39.1 Å². The van der Waals surface area contributed by atoms with Crippen molar-refractivity contribution in [3.8, 4) is 0 Å². The molecule has 30 unspecified atom stereocenters. The average Bonchev–Trinajstić information content (AvgIpc) is 0.755. The fraction of sp³-hybridized carbons (Fsp3) is 1.00. The largest absolute Gasteiger partial charge is 0.394 e. The van der Waals surface area contributed by atoms with Crippen LogP contribution in [0.3, 0.4) is 0 Å². The molecule has 0 spiro atoms. The molecule has 0 saturated carbocycles. The molecule has 22 aliphatic rings. The van der Waals surface area contributed by atoms with E-state index >= 15 is 0 Å². The van der Waals surface area contributed by atoms with Crippen LogP contribution in [0.25, 0.3) is 0 Å². The normalized spacial score (nSPS) is 32.7. The van der Waals surface area contributed by atoms with Crippen molar-refractivity contribution in [2.24, 2.45) is 0 Å². The number of unbranched alkanes of at least 4 members (excludes halogenated alkanes) is 36. The lowest BCUT2D eigenvalue weighted by Gasteiger charge is -2.53. The van der Waals surface area contributed by atoms with Crippen LogP contribution in [-0.2, 0) is 114 Å². The summed E-state index contributed by atoms with van der Waals surface area (Å²) in [5, 5.41) is 61.9. The molecule has 0 aliphatic carbocycles. The predicted molar refractivity (Wildman–Crippen MR) is 542 cm³/mol. The summed E-state index contributed by atoms with van der Waals surface area (Å²) in [6, 6.07) is 0. The molecule has 22 heterocycles. The zero-order valence-corrected chi connectivity index (χ0v) is 90.6. The van der Waals surface area contributed by atoms with Crippen molar-refractivity contribution >= 4 is 22.6 Å². The molecule has 0 aromatic heterocycles. The van der Waals surface area contributed by atoms with Gasteiger partial charge in [0.1, 0.15) is 140 Å². The van der Waals surface area contributed by atoms with E-state index in [2.05, 4.69) is 106 Å². The average molecular weight is 2090 g/mol. The van der Waals surface area contributed by atoms with Crippen LogP contribution in [0.1, 0.15) is 391 Å². The first kappa shape index (κ1) is 124. The molecule has 29 nitrogen and oxygen atoms in total. The van der Waals surface area contributed by atoms with E-state index in [1.165, 1.54) is 0 Å². The second-order valence-electron chi connectivity index (χ2n) is 39.7. The van der Waals surface area contributed by atoms with Gasteiger partial charge in [-0.3, -0.25) is 0 Å². The van der Waals surface area contributed by atoms with Gasteiger partial charge in [0.15, 0.2) is 37.7 Å². The molecule has 0 amide bonds. The first-order chi connectivity index (χ1) is 67.9. The second-order valence-corrected chi connectivity index (χ2v) is 40.6. The van der Waals surface area contributed by atoms with E-state index in [0.717, 1.165) is 244 Å². The molecule has 0 aromatic rings. The van der Waals surface area contributed by atoms with E-state index in [0.29, 0.717) is 102 Å². The summed E-state index contributed by atoms with van der Waals surface area (Å²) < 4.78 is 180. The van der Waals surface area contributed by atoms with Gasteiger partial charge in [-0.05, 0) is 77.0 Å². The number of aliphatic hydroxyl groups is 5. The molecular weight excluding hydrogens is 1890 g/mol. The Morgan fingerprint density at radius 1 is 0.152 bits per heavy atom. The topological polar surface area (TPSA) is 323 Å². The molecular formula is C108H203IO29. The quantitative estimate of drug-likeness (QED) is 0.0215. The highest BCUT2D eigenvalue weighted by Crippen LogP contribution is 2.45. The fourth-order valence-corrected chi connectivity index (χ4v) is 20.6. The third-order valence-electron chi connectivity index (χ3n) is 28.0. The van der Waals surface area contributed by atoms with Crippen LogP contribution in [-0.4, -0.2) is 327 Å². The van der Waals surface area contributed by atoms with Crippen LogP contribution < -0.4 is 0 Å². The molecule has 22 saturated heterocycles. The monoisotopic (exact) mass is 2090 g/mol. The van der Waals surface area contributed by atoms with Gasteiger partial charge in [-0.15, -0.1) is 0 Å². The molecule has 138 heavy (non-hydrogen) atoms. The second kappa shape index (κ2) is 77.8. The third-order valence-corrected chi connectivity index (χ3v) is 28.9. The maximum absolute atomic E-state index is 12.4. The van der Waals surface area contributed by atoms with E-state index in [4.69, 9.17) is 114 Å². The van der Waals surface area contributed by atoms with Gasteiger partial charge in [0, 0.05) is 83.7 Å². The van der Waals surface area contributed by atoms with Crippen molar-refractivity contribution in [3.63, 3.8) is 0 Å². The Labute approximate surface area is 849 Å². The molecule has 22 rings (SSSR count). The first-order valence-corrected chi connectivity index (χ1v) is 58.3. The highest BCUT2D eigenvalue weighted by Gasteiger charge is 2.62. The van der Waals surface area contributed by atoms with Crippen molar-refractivity contribution in [1.29, 1.82) is 0 Å². The molecule has 22 fully saturated rings. The van der Waals surface area contributed by atoms with Crippen LogP contribution in [0.15, 0.2) is 0 Å². The summed E-state index contributed by atoms with van der Waals surface area (Å²) in [6.45, 7) is 26.6. The first-order valence-electron chi connectivity index (χ1n) is 56.7. The SMILES string of the molecule is CCCCCCOC1C2OC(CO)C(OC3OC(CO)C(OC4OC(CO)C(OC5OC(CI)C(OC6OC(CO)C(OC7OC(CO)C(O2)C(OCCCCCC)C7OCCCCCC)C(OCCCCCC)C6OCCCCCC)C(OCCCCCC)C5OCCCCCC)C(OCCCCCC)C4OCCCCCC)C(OCCCCCC)C3OCCCCCC)C1OCCCCCC. The van der Waals surface area contributed by atoms with Crippen LogP contribution >= 0.6 is 22.6 Å². The summed E-state index contributed by atoms with van der Waals surface area (Å²) in [4.78, 5) is 0. The van der Waals surface area contributed by atoms with E-state index in [1.807, 2.05) is 0 Å². The van der Waals surface area contributed by atoms with Crippen molar-refractivity contribution in [3.05, 3.63) is 0 Å². The molecule has 30 atom stereocenters. The number of hydrogen-bond donors (Lipinski definition) is 5. The number of ether oxygens (including phenoxy) is 24. The molecule has 0 aromatic carbocycles. The third kappa shape index (κ3) is 42.8.